The van der Waals surface area contributed by atoms with E-state index in [0.29, 0.717) is 4.48 Å². The SMILES string of the molecule is C[N+]12C=CC=CC13CC=CC=C3n1c(S)cnc12. The number of rotatable bonds is 0. The van der Waals surface area contributed by atoms with Crippen LogP contribution in [0.5, 0.6) is 0 Å². The fourth-order valence-electron chi connectivity index (χ4n) is 3.37. The minimum Gasteiger partial charge on any atom is -0.239 e. The summed E-state index contributed by atoms with van der Waals surface area (Å²) in [6.07, 6.45) is 18.1. The largest absolute Gasteiger partial charge is 0.320 e. The van der Waals surface area contributed by atoms with E-state index in [9.17, 15) is 0 Å². The number of likely N-dealkylation sites (N-methyl/N-ethyl adjacent to an activating group) is 1. The molecule has 3 nitrogen and oxygen atoms in total. The lowest BCUT2D eigenvalue weighted by molar-refractivity contribution is 0.311. The minimum atomic E-state index is -0.0510. The zero-order chi connectivity index (χ0) is 12.4. The summed E-state index contributed by atoms with van der Waals surface area (Å²) in [5.74, 6) is 1.04. The molecule has 0 saturated heterocycles. The van der Waals surface area contributed by atoms with Gasteiger partial charge in [0.05, 0.1) is 18.9 Å². The summed E-state index contributed by atoms with van der Waals surface area (Å²) in [5.41, 5.74) is 1.22. The second-order valence-corrected chi connectivity index (χ2v) is 5.59. The van der Waals surface area contributed by atoms with Crippen molar-refractivity contribution in [1.29, 1.82) is 0 Å². The molecule has 0 amide bonds. The van der Waals surface area contributed by atoms with Crippen molar-refractivity contribution in [3.8, 4) is 0 Å². The lowest BCUT2D eigenvalue weighted by Gasteiger charge is -2.41. The molecule has 1 spiro atoms. The van der Waals surface area contributed by atoms with Gasteiger partial charge in [-0.3, -0.25) is 0 Å². The Balaban J connectivity index is 2.12. The van der Waals surface area contributed by atoms with Crippen molar-refractivity contribution < 1.29 is 0 Å². The molecule has 3 aliphatic rings. The van der Waals surface area contributed by atoms with E-state index < -0.39 is 0 Å². The molecule has 3 heterocycles. The van der Waals surface area contributed by atoms with Gasteiger partial charge in [0.2, 0.25) is 0 Å². The Morgan fingerprint density at radius 1 is 1.39 bits per heavy atom. The van der Waals surface area contributed by atoms with Gasteiger partial charge in [0.15, 0.2) is 5.54 Å². The summed E-state index contributed by atoms with van der Waals surface area (Å²) < 4.78 is 2.87. The molecule has 1 aromatic heterocycles. The van der Waals surface area contributed by atoms with Crippen molar-refractivity contribution in [2.45, 2.75) is 17.0 Å². The zero-order valence-electron chi connectivity index (χ0n) is 10.1. The van der Waals surface area contributed by atoms with E-state index in [4.69, 9.17) is 0 Å². The van der Waals surface area contributed by atoms with Crippen LogP contribution in [0.3, 0.4) is 0 Å². The van der Waals surface area contributed by atoms with Crippen LogP contribution in [0.4, 0.5) is 5.95 Å². The maximum absolute atomic E-state index is 4.58. The second kappa shape index (κ2) is 3.08. The van der Waals surface area contributed by atoms with Crippen LogP contribution in [-0.4, -0.2) is 22.1 Å². The van der Waals surface area contributed by atoms with Gasteiger partial charge in [0, 0.05) is 6.42 Å². The number of quaternary nitrogens is 1. The van der Waals surface area contributed by atoms with Crippen LogP contribution in [0.2, 0.25) is 0 Å². The third kappa shape index (κ3) is 0.920. The van der Waals surface area contributed by atoms with Crippen LogP contribution < -0.4 is 4.48 Å². The fraction of sp³-hybridized carbons (Fsp3) is 0.214. The fourth-order valence-corrected chi connectivity index (χ4v) is 3.62. The number of hydrogen-bond acceptors (Lipinski definition) is 2. The number of imidazole rings is 1. The highest BCUT2D eigenvalue weighted by Gasteiger charge is 2.60. The topological polar surface area (TPSA) is 17.8 Å². The van der Waals surface area contributed by atoms with E-state index in [0.717, 1.165) is 17.4 Å². The summed E-state index contributed by atoms with van der Waals surface area (Å²) in [7, 11) is 2.21. The Kier molecular flexibility index (Phi) is 1.78. The highest BCUT2D eigenvalue weighted by molar-refractivity contribution is 7.80. The molecular weight excluding hydrogens is 242 g/mol. The van der Waals surface area contributed by atoms with Crippen LogP contribution in [-0.2, 0) is 0 Å². The predicted molar refractivity (Wildman–Crippen MR) is 76.2 cm³/mol. The highest BCUT2D eigenvalue weighted by atomic mass is 32.1. The summed E-state index contributed by atoms with van der Waals surface area (Å²) in [6.45, 7) is 0. The molecule has 0 saturated carbocycles. The molecule has 2 atom stereocenters. The smallest absolute Gasteiger partial charge is 0.239 e. The average molecular weight is 256 g/mol. The van der Waals surface area contributed by atoms with Gasteiger partial charge < -0.3 is 0 Å². The van der Waals surface area contributed by atoms with Gasteiger partial charge in [-0.1, -0.05) is 18.2 Å². The Morgan fingerprint density at radius 2 is 2.28 bits per heavy atom. The normalized spacial score (nSPS) is 35.1. The summed E-state index contributed by atoms with van der Waals surface area (Å²) in [5, 5.41) is 0.904. The molecule has 2 unspecified atom stereocenters. The van der Waals surface area contributed by atoms with Gasteiger partial charge in [-0.15, -0.1) is 12.6 Å². The quantitative estimate of drug-likeness (QED) is 0.558. The van der Waals surface area contributed by atoms with Gasteiger partial charge in [-0.05, 0) is 18.2 Å². The first-order valence-electron chi connectivity index (χ1n) is 6.07. The van der Waals surface area contributed by atoms with Crippen molar-refractivity contribution in [2.75, 3.05) is 7.05 Å². The standard InChI is InChI=1S/C14H13N3S/c1-17-9-5-4-8-14(17)7-3-2-6-11(14)16-12(18)10-15-13(16)17/h2-6,8-10H,7H2,1H3/p+1. The number of hydrogen-bond donors (Lipinski definition) is 1. The van der Waals surface area contributed by atoms with Crippen LogP contribution in [0.15, 0.2) is 53.9 Å². The lowest BCUT2D eigenvalue weighted by atomic mass is 9.83. The summed E-state index contributed by atoms with van der Waals surface area (Å²) in [6, 6.07) is 0. The van der Waals surface area contributed by atoms with Crippen molar-refractivity contribution in [1.82, 2.24) is 14.0 Å². The Bertz CT molecular complexity index is 665. The molecule has 0 fully saturated rings. The predicted octanol–water partition coefficient (Wildman–Crippen LogP) is 2.75. The van der Waals surface area contributed by atoms with Crippen LogP contribution in [0, 0.1) is 0 Å². The number of thiol groups is 1. The maximum atomic E-state index is 4.58. The monoisotopic (exact) mass is 256 g/mol. The van der Waals surface area contributed by atoms with E-state index in [1.54, 1.807) is 0 Å². The molecule has 90 valence electrons. The van der Waals surface area contributed by atoms with Crippen LogP contribution >= 0.6 is 12.6 Å². The molecule has 18 heavy (non-hydrogen) atoms. The van der Waals surface area contributed by atoms with E-state index in [1.807, 2.05) is 6.20 Å². The van der Waals surface area contributed by atoms with E-state index >= 15 is 0 Å². The van der Waals surface area contributed by atoms with E-state index in [-0.39, 0.29) is 5.54 Å². The summed E-state index contributed by atoms with van der Waals surface area (Å²) in [4.78, 5) is 4.58. The summed E-state index contributed by atoms with van der Waals surface area (Å²) >= 11 is 4.55. The molecule has 1 aromatic rings. The number of allylic oxidation sites excluding steroid dienone is 4. The molecule has 0 aromatic carbocycles. The molecule has 1 aliphatic carbocycles. The first kappa shape index (κ1) is 10.4. The minimum absolute atomic E-state index is 0.0510. The number of nitrogens with zero attached hydrogens (tertiary/aromatic N) is 3. The molecule has 0 bridgehead atoms. The van der Waals surface area contributed by atoms with Crippen molar-refractivity contribution in [2.24, 2.45) is 0 Å². The van der Waals surface area contributed by atoms with Crippen molar-refractivity contribution in [3.63, 3.8) is 0 Å². The number of fused-ring (bicyclic) bond motifs is 3. The maximum Gasteiger partial charge on any atom is 0.320 e. The molecular formula is C14H14N3S+. The third-order valence-corrected chi connectivity index (χ3v) is 4.66. The average Bonchev–Trinajstić information content (AvgIpc) is 2.86. The molecule has 4 heteroatoms. The van der Waals surface area contributed by atoms with Gasteiger partial charge in [0.25, 0.3) is 0 Å². The van der Waals surface area contributed by atoms with Gasteiger partial charge >= 0.3 is 5.95 Å². The zero-order valence-corrected chi connectivity index (χ0v) is 11.0. The van der Waals surface area contributed by atoms with Crippen molar-refractivity contribution >= 4 is 24.3 Å². The Hall–Kier alpha value is -1.52. The van der Waals surface area contributed by atoms with Gasteiger partial charge in [-0.2, -0.15) is 4.98 Å². The van der Waals surface area contributed by atoms with Crippen LogP contribution in [0.25, 0.3) is 5.70 Å². The molecule has 2 aliphatic heterocycles. The van der Waals surface area contributed by atoms with Gasteiger partial charge in [0.1, 0.15) is 11.2 Å². The molecule has 4 rings (SSSR count). The number of aromatic nitrogens is 2. The van der Waals surface area contributed by atoms with E-state index in [2.05, 4.69) is 71.9 Å². The first-order chi connectivity index (χ1) is 8.69. The molecule has 0 radical (unpaired) electrons. The Labute approximate surface area is 111 Å². The Morgan fingerprint density at radius 3 is 3.17 bits per heavy atom. The van der Waals surface area contributed by atoms with Crippen LogP contribution in [0.1, 0.15) is 6.42 Å². The second-order valence-electron chi connectivity index (χ2n) is 5.14. The van der Waals surface area contributed by atoms with E-state index in [1.165, 1.54) is 5.70 Å². The lowest BCUT2D eigenvalue weighted by Crippen LogP contribution is -2.57. The molecule has 0 N–H and O–H groups in total. The van der Waals surface area contributed by atoms with Gasteiger partial charge in [-0.25, -0.2) is 9.05 Å². The first-order valence-corrected chi connectivity index (χ1v) is 6.52. The third-order valence-electron chi connectivity index (χ3n) is 4.34. The highest BCUT2D eigenvalue weighted by Crippen LogP contribution is 2.53. The van der Waals surface area contributed by atoms with Crippen molar-refractivity contribution in [3.05, 3.63) is 48.9 Å².